The van der Waals surface area contributed by atoms with E-state index in [0.717, 1.165) is 31.0 Å². The highest BCUT2D eigenvalue weighted by Crippen LogP contribution is 2.32. The number of hydrogen-bond donors (Lipinski definition) is 0. The van der Waals surface area contributed by atoms with Crippen LogP contribution >= 0.6 is 0 Å². The predicted octanol–water partition coefficient (Wildman–Crippen LogP) is 3.80. The SMILES string of the molecule is C.CON1CCN(C(CC(C)C)C2CCCCC2)CC1. The highest BCUT2D eigenvalue weighted by Gasteiger charge is 2.31. The van der Waals surface area contributed by atoms with E-state index in [-0.39, 0.29) is 7.43 Å². The number of rotatable bonds is 5. The summed E-state index contributed by atoms with van der Waals surface area (Å²) in [7, 11) is 1.79. The molecule has 1 saturated carbocycles. The smallest absolute Gasteiger partial charge is 0.0575 e. The van der Waals surface area contributed by atoms with E-state index in [4.69, 9.17) is 4.84 Å². The third kappa shape index (κ3) is 5.01. The van der Waals surface area contributed by atoms with Crippen molar-refractivity contribution in [2.45, 2.75) is 65.8 Å². The van der Waals surface area contributed by atoms with Gasteiger partial charge in [-0.2, -0.15) is 5.06 Å². The third-order valence-electron chi connectivity index (χ3n) is 4.91. The Morgan fingerprint density at radius 2 is 1.60 bits per heavy atom. The van der Waals surface area contributed by atoms with E-state index in [1.807, 2.05) is 0 Å². The highest BCUT2D eigenvalue weighted by atomic mass is 16.7. The molecule has 0 bridgehead atoms. The molecular weight excluding hydrogens is 248 g/mol. The second-order valence-electron chi connectivity index (χ2n) is 6.74. The second kappa shape index (κ2) is 9.01. The highest BCUT2D eigenvalue weighted by molar-refractivity contribution is 4.85. The first kappa shape index (κ1) is 17.9. The van der Waals surface area contributed by atoms with Crippen LogP contribution < -0.4 is 0 Å². The molecule has 0 aromatic rings. The molecule has 3 heteroatoms. The molecule has 2 rings (SSSR count). The number of hydroxylamine groups is 2. The van der Waals surface area contributed by atoms with E-state index in [0.29, 0.717) is 0 Å². The minimum Gasteiger partial charge on any atom is -0.302 e. The van der Waals surface area contributed by atoms with Gasteiger partial charge in [0.25, 0.3) is 0 Å². The van der Waals surface area contributed by atoms with Crippen LogP contribution in [-0.4, -0.2) is 49.3 Å². The molecule has 1 heterocycles. The lowest BCUT2D eigenvalue weighted by Crippen LogP contribution is -2.52. The van der Waals surface area contributed by atoms with Gasteiger partial charge < -0.3 is 4.84 Å². The van der Waals surface area contributed by atoms with Crippen LogP contribution in [0.1, 0.15) is 59.8 Å². The topological polar surface area (TPSA) is 15.7 Å². The Morgan fingerprint density at radius 3 is 2.10 bits per heavy atom. The molecule has 1 aliphatic heterocycles. The average molecular weight is 284 g/mol. The summed E-state index contributed by atoms with van der Waals surface area (Å²) >= 11 is 0. The molecule has 1 atom stereocenters. The Bertz CT molecular complexity index is 243. The van der Waals surface area contributed by atoms with Crippen LogP contribution in [0.4, 0.5) is 0 Å². The van der Waals surface area contributed by atoms with Crippen molar-refractivity contribution >= 4 is 0 Å². The molecule has 20 heavy (non-hydrogen) atoms. The first-order valence-electron chi connectivity index (χ1n) is 8.23. The molecule has 3 nitrogen and oxygen atoms in total. The molecule has 2 fully saturated rings. The van der Waals surface area contributed by atoms with Crippen molar-refractivity contribution in [2.75, 3.05) is 33.3 Å². The molecule has 1 aliphatic carbocycles. The molecule has 0 aromatic heterocycles. The molecule has 120 valence electrons. The molecule has 1 unspecified atom stereocenters. The van der Waals surface area contributed by atoms with Gasteiger partial charge in [-0.3, -0.25) is 4.90 Å². The van der Waals surface area contributed by atoms with Crippen molar-refractivity contribution in [3.05, 3.63) is 0 Å². The molecule has 0 N–H and O–H groups in total. The van der Waals surface area contributed by atoms with Crippen molar-refractivity contribution < 1.29 is 4.84 Å². The second-order valence-corrected chi connectivity index (χ2v) is 6.74. The van der Waals surface area contributed by atoms with Crippen molar-refractivity contribution in [3.8, 4) is 0 Å². The van der Waals surface area contributed by atoms with Crippen molar-refractivity contribution in [1.29, 1.82) is 0 Å². The predicted molar refractivity (Wildman–Crippen MR) is 86.7 cm³/mol. The van der Waals surface area contributed by atoms with Gasteiger partial charge in [-0.25, -0.2) is 0 Å². The maximum atomic E-state index is 5.35. The summed E-state index contributed by atoms with van der Waals surface area (Å²) in [6, 6.07) is 0.819. The van der Waals surface area contributed by atoms with Gasteiger partial charge in [-0.1, -0.05) is 40.5 Å². The van der Waals surface area contributed by atoms with Crippen molar-refractivity contribution in [1.82, 2.24) is 9.96 Å². The van der Waals surface area contributed by atoms with Crippen LogP contribution in [0.15, 0.2) is 0 Å². The van der Waals surface area contributed by atoms with Gasteiger partial charge in [0.2, 0.25) is 0 Å². The van der Waals surface area contributed by atoms with Crippen LogP contribution in [0.5, 0.6) is 0 Å². The van der Waals surface area contributed by atoms with Gasteiger partial charge in [0.15, 0.2) is 0 Å². The average Bonchev–Trinajstić information content (AvgIpc) is 2.46. The molecular formula is C17H36N2O. The van der Waals surface area contributed by atoms with Gasteiger partial charge >= 0.3 is 0 Å². The van der Waals surface area contributed by atoms with Gasteiger partial charge in [0, 0.05) is 32.2 Å². The van der Waals surface area contributed by atoms with Crippen LogP contribution in [0, 0.1) is 11.8 Å². The van der Waals surface area contributed by atoms with Crippen LogP contribution in [-0.2, 0) is 4.84 Å². The third-order valence-corrected chi connectivity index (χ3v) is 4.91. The monoisotopic (exact) mass is 284 g/mol. The summed E-state index contributed by atoms with van der Waals surface area (Å²) in [5.74, 6) is 1.76. The lowest BCUT2D eigenvalue weighted by Gasteiger charge is -2.43. The fourth-order valence-electron chi connectivity index (χ4n) is 3.86. The number of piperazine rings is 1. The summed E-state index contributed by atoms with van der Waals surface area (Å²) in [5.41, 5.74) is 0. The van der Waals surface area contributed by atoms with Gasteiger partial charge in [0.1, 0.15) is 0 Å². The van der Waals surface area contributed by atoms with Crippen LogP contribution in [0.2, 0.25) is 0 Å². The molecule has 0 spiro atoms. The standard InChI is InChI=1S/C16H32N2O.CH4/c1-14(2)13-16(15-7-5-4-6-8-15)17-9-11-18(19-3)12-10-17;/h14-16H,4-13H2,1-3H3;1H4. The summed E-state index contributed by atoms with van der Waals surface area (Å²) in [6.07, 6.45) is 8.67. The first-order valence-corrected chi connectivity index (χ1v) is 8.23. The van der Waals surface area contributed by atoms with Crippen molar-refractivity contribution in [3.63, 3.8) is 0 Å². The Kier molecular flexibility index (Phi) is 8.08. The van der Waals surface area contributed by atoms with Crippen LogP contribution in [0.3, 0.4) is 0 Å². The lowest BCUT2D eigenvalue weighted by molar-refractivity contribution is -0.157. The zero-order valence-corrected chi connectivity index (χ0v) is 13.1. The summed E-state index contributed by atoms with van der Waals surface area (Å²) in [5, 5.41) is 2.10. The number of nitrogens with zero attached hydrogens (tertiary/aromatic N) is 2. The van der Waals surface area contributed by atoms with E-state index < -0.39 is 0 Å². The van der Waals surface area contributed by atoms with E-state index in [1.54, 1.807) is 7.11 Å². The maximum absolute atomic E-state index is 5.35. The Morgan fingerprint density at radius 1 is 1.00 bits per heavy atom. The zero-order chi connectivity index (χ0) is 13.7. The number of hydrogen-bond acceptors (Lipinski definition) is 3. The quantitative estimate of drug-likeness (QED) is 0.764. The van der Waals surface area contributed by atoms with Gasteiger partial charge in [-0.15, -0.1) is 0 Å². The van der Waals surface area contributed by atoms with E-state index in [1.165, 1.54) is 51.6 Å². The molecule has 2 aliphatic rings. The molecule has 0 amide bonds. The van der Waals surface area contributed by atoms with E-state index in [2.05, 4.69) is 23.8 Å². The van der Waals surface area contributed by atoms with Crippen molar-refractivity contribution in [2.24, 2.45) is 11.8 Å². The fourth-order valence-corrected chi connectivity index (χ4v) is 3.86. The fraction of sp³-hybridized carbons (Fsp3) is 1.00. The minimum atomic E-state index is 0. The molecule has 0 aromatic carbocycles. The van der Waals surface area contributed by atoms with Gasteiger partial charge in [0.05, 0.1) is 7.11 Å². The summed E-state index contributed by atoms with van der Waals surface area (Å²) < 4.78 is 0. The summed E-state index contributed by atoms with van der Waals surface area (Å²) in [4.78, 5) is 8.11. The van der Waals surface area contributed by atoms with E-state index >= 15 is 0 Å². The van der Waals surface area contributed by atoms with Gasteiger partial charge in [-0.05, 0) is 31.1 Å². The zero-order valence-electron chi connectivity index (χ0n) is 13.1. The van der Waals surface area contributed by atoms with Crippen LogP contribution in [0.25, 0.3) is 0 Å². The first-order chi connectivity index (χ1) is 9.20. The molecule has 1 saturated heterocycles. The Hall–Kier alpha value is -0.120. The van der Waals surface area contributed by atoms with E-state index in [9.17, 15) is 0 Å². The Balaban J connectivity index is 0.00000200. The minimum absolute atomic E-state index is 0. The normalized spacial score (nSPS) is 24.6. The maximum Gasteiger partial charge on any atom is 0.0575 e. The summed E-state index contributed by atoms with van der Waals surface area (Å²) in [6.45, 7) is 9.25. The Labute approximate surface area is 126 Å². The molecule has 0 radical (unpaired) electrons. The largest absolute Gasteiger partial charge is 0.302 e. The lowest BCUT2D eigenvalue weighted by atomic mass is 9.80.